The second-order valence-corrected chi connectivity index (χ2v) is 6.21. The zero-order valence-electron chi connectivity index (χ0n) is 9.50. The van der Waals surface area contributed by atoms with Crippen molar-refractivity contribution in [2.24, 2.45) is 5.92 Å². The first-order valence-corrected chi connectivity index (χ1v) is 6.99. The molecule has 1 aliphatic rings. The van der Waals surface area contributed by atoms with E-state index in [4.69, 9.17) is 0 Å². The van der Waals surface area contributed by atoms with Crippen LogP contribution in [-0.4, -0.2) is 26.7 Å². The van der Waals surface area contributed by atoms with Crippen LogP contribution < -0.4 is 0 Å². The van der Waals surface area contributed by atoms with Gasteiger partial charge in [0.15, 0.2) is 15.1 Å². The van der Waals surface area contributed by atoms with Crippen LogP contribution in [0.3, 0.4) is 0 Å². The fourth-order valence-corrected chi connectivity index (χ4v) is 3.80. The number of sulfone groups is 1. The molecule has 0 heterocycles. The van der Waals surface area contributed by atoms with E-state index in [2.05, 4.69) is 4.74 Å². The molecule has 1 aromatic rings. The summed E-state index contributed by atoms with van der Waals surface area (Å²) in [6.07, 6.45) is 1.54. The van der Waals surface area contributed by atoms with Gasteiger partial charge >= 0.3 is 5.97 Å². The smallest absolute Gasteiger partial charge is 0.324 e. The first-order valence-electron chi connectivity index (χ1n) is 5.44. The Kier molecular flexibility index (Phi) is 3.19. The number of esters is 1. The second-order valence-electron chi connectivity index (χ2n) is 4.14. The summed E-state index contributed by atoms with van der Waals surface area (Å²) < 4.78 is 29.2. The molecule has 0 bridgehead atoms. The van der Waals surface area contributed by atoms with Gasteiger partial charge in [-0.25, -0.2) is 8.42 Å². The zero-order chi connectivity index (χ0) is 12.5. The van der Waals surface area contributed by atoms with Gasteiger partial charge in [-0.1, -0.05) is 18.2 Å². The highest BCUT2D eigenvalue weighted by Crippen LogP contribution is 2.38. The number of methoxy groups -OCH3 is 1. The maximum Gasteiger partial charge on any atom is 0.324 e. The highest BCUT2D eigenvalue weighted by Gasteiger charge is 2.46. The lowest BCUT2D eigenvalue weighted by molar-refractivity contribution is -0.140. The van der Waals surface area contributed by atoms with E-state index in [1.807, 2.05) is 0 Å². The Balaban J connectivity index is 2.39. The van der Waals surface area contributed by atoms with E-state index in [0.717, 1.165) is 12.8 Å². The topological polar surface area (TPSA) is 60.4 Å². The van der Waals surface area contributed by atoms with Crippen LogP contribution in [0.15, 0.2) is 35.2 Å². The van der Waals surface area contributed by atoms with Crippen molar-refractivity contribution in [2.45, 2.75) is 23.0 Å². The predicted molar refractivity (Wildman–Crippen MR) is 62.2 cm³/mol. The standard InChI is InChI=1S/C12H14O4S/c1-16-12(13)11(9-7-8-9)17(14,15)10-5-3-2-4-6-10/h2-6,9,11H,7-8H2,1H3. The van der Waals surface area contributed by atoms with E-state index in [1.54, 1.807) is 18.2 Å². The molecule has 0 N–H and O–H groups in total. The number of hydrogen-bond donors (Lipinski definition) is 0. The molecule has 4 nitrogen and oxygen atoms in total. The van der Waals surface area contributed by atoms with Crippen LogP contribution >= 0.6 is 0 Å². The van der Waals surface area contributed by atoms with Crippen molar-refractivity contribution in [3.8, 4) is 0 Å². The molecule has 0 saturated heterocycles. The molecule has 1 aromatic carbocycles. The summed E-state index contributed by atoms with van der Waals surface area (Å²) in [7, 11) is -2.40. The number of rotatable bonds is 4. The quantitative estimate of drug-likeness (QED) is 0.762. The molecule has 1 fully saturated rings. The summed E-state index contributed by atoms with van der Waals surface area (Å²) >= 11 is 0. The van der Waals surface area contributed by atoms with E-state index < -0.39 is 21.1 Å². The fourth-order valence-electron chi connectivity index (χ4n) is 1.84. The van der Waals surface area contributed by atoms with Gasteiger partial charge in [0.2, 0.25) is 0 Å². The molecule has 1 unspecified atom stereocenters. The molecule has 0 aliphatic heterocycles. The molecule has 2 rings (SSSR count). The summed E-state index contributed by atoms with van der Waals surface area (Å²) in [4.78, 5) is 11.8. The molecule has 0 spiro atoms. The van der Waals surface area contributed by atoms with Crippen LogP contribution in [0.2, 0.25) is 0 Å². The molecular formula is C12H14O4S. The van der Waals surface area contributed by atoms with Crippen LogP contribution in [0.4, 0.5) is 0 Å². The van der Waals surface area contributed by atoms with Crippen LogP contribution in [0, 0.1) is 5.92 Å². The molecule has 0 radical (unpaired) electrons. The van der Waals surface area contributed by atoms with Gasteiger partial charge in [0.1, 0.15) is 0 Å². The molecule has 92 valence electrons. The van der Waals surface area contributed by atoms with Gasteiger partial charge in [-0.2, -0.15) is 0 Å². The predicted octanol–water partition coefficient (Wildman–Crippen LogP) is 1.41. The minimum atomic E-state index is -3.62. The number of ether oxygens (including phenoxy) is 1. The van der Waals surface area contributed by atoms with E-state index in [1.165, 1.54) is 19.2 Å². The molecule has 1 aliphatic carbocycles. The van der Waals surface area contributed by atoms with Gasteiger partial charge in [0.25, 0.3) is 0 Å². The summed E-state index contributed by atoms with van der Waals surface area (Å²) in [5.74, 6) is -0.746. The maximum atomic E-state index is 12.3. The molecular weight excluding hydrogens is 240 g/mol. The van der Waals surface area contributed by atoms with Crippen molar-refractivity contribution >= 4 is 15.8 Å². The van der Waals surface area contributed by atoms with Crippen molar-refractivity contribution in [1.29, 1.82) is 0 Å². The highest BCUT2D eigenvalue weighted by molar-refractivity contribution is 7.92. The third-order valence-electron chi connectivity index (χ3n) is 2.89. The van der Waals surface area contributed by atoms with Gasteiger partial charge < -0.3 is 4.74 Å². The summed E-state index contributed by atoms with van der Waals surface area (Å²) in [6.45, 7) is 0. The first kappa shape index (κ1) is 12.1. The maximum absolute atomic E-state index is 12.3. The average molecular weight is 254 g/mol. The lowest BCUT2D eigenvalue weighted by Gasteiger charge is -2.14. The third-order valence-corrected chi connectivity index (χ3v) is 5.06. The summed E-state index contributed by atoms with van der Waals surface area (Å²) in [5.41, 5.74) is 0. The zero-order valence-corrected chi connectivity index (χ0v) is 10.3. The first-order chi connectivity index (χ1) is 8.07. The Morgan fingerprint density at radius 2 is 1.88 bits per heavy atom. The van der Waals surface area contributed by atoms with Crippen LogP contribution in [0.5, 0.6) is 0 Å². The number of benzene rings is 1. The van der Waals surface area contributed by atoms with Crippen LogP contribution in [-0.2, 0) is 19.4 Å². The van der Waals surface area contributed by atoms with Crippen molar-refractivity contribution in [2.75, 3.05) is 7.11 Å². The van der Waals surface area contributed by atoms with Crippen molar-refractivity contribution in [3.63, 3.8) is 0 Å². The highest BCUT2D eigenvalue weighted by atomic mass is 32.2. The molecule has 0 aromatic heterocycles. The third kappa shape index (κ3) is 2.34. The lowest BCUT2D eigenvalue weighted by atomic mass is 10.3. The van der Waals surface area contributed by atoms with E-state index in [0.29, 0.717) is 0 Å². The second kappa shape index (κ2) is 4.49. The van der Waals surface area contributed by atoms with Crippen molar-refractivity contribution < 1.29 is 17.9 Å². The Hall–Kier alpha value is -1.36. The van der Waals surface area contributed by atoms with Crippen LogP contribution in [0.25, 0.3) is 0 Å². The summed E-state index contributed by atoms with van der Waals surface area (Å²) in [5, 5.41) is -1.05. The van der Waals surface area contributed by atoms with Gasteiger partial charge in [-0.05, 0) is 30.9 Å². The monoisotopic (exact) mass is 254 g/mol. The molecule has 0 amide bonds. The van der Waals surface area contributed by atoms with Gasteiger partial charge in [0, 0.05) is 0 Å². The van der Waals surface area contributed by atoms with E-state index in [-0.39, 0.29) is 10.8 Å². The molecule has 1 saturated carbocycles. The van der Waals surface area contributed by atoms with Crippen molar-refractivity contribution in [1.82, 2.24) is 0 Å². The Labute approximate surface area is 101 Å². The number of carbonyl (C=O) groups excluding carboxylic acids is 1. The lowest BCUT2D eigenvalue weighted by Crippen LogP contribution is -2.33. The fraction of sp³-hybridized carbons (Fsp3) is 0.417. The largest absolute Gasteiger partial charge is 0.468 e. The SMILES string of the molecule is COC(=O)C(C1CC1)S(=O)(=O)c1ccccc1. The van der Waals surface area contributed by atoms with Gasteiger partial charge in [0.05, 0.1) is 12.0 Å². The Morgan fingerprint density at radius 3 is 2.35 bits per heavy atom. The van der Waals surface area contributed by atoms with Gasteiger partial charge in [-0.3, -0.25) is 4.79 Å². The normalized spacial score (nSPS) is 17.5. The number of carbonyl (C=O) groups is 1. The van der Waals surface area contributed by atoms with Crippen molar-refractivity contribution in [3.05, 3.63) is 30.3 Å². The van der Waals surface area contributed by atoms with E-state index in [9.17, 15) is 13.2 Å². The number of hydrogen-bond acceptors (Lipinski definition) is 4. The average Bonchev–Trinajstić information content (AvgIpc) is 3.14. The minimum absolute atomic E-state index is 0.0901. The molecule has 17 heavy (non-hydrogen) atoms. The minimum Gasteiger partial charge on any atom is -0.468 e. The van der Waals surface area contributed by atoms with E-state index >= 15 is 0 Å². The summed E-state index contributed by atoms with van der Waals surface area (Å²) in [6, 6.07) is 8.05. The van der Waals surface area contributed by atoms with Gasteiger partial charge in [-0.15, -0.1) is 0 Å². The Bertz CT molecular complexity index is 503. The molecule has 1 atom stereocenters. The molecule has 5 heteroatoms. The Morgan fingerprint density at radius 1 is 1.29 bits per heavy atom. The van der Waals surface area contributed by atoms with Crippen LogP contribution in [0.1, 0.15) is 12.8 Å².